The summed E-state index contributed by atoms with van der Waals surface area (Å²) in [5, 5.41) is 4.96. The molecule has 0 aliphatic heterocycles. The standard InChI is InChI=1S/C67H54N2/c1-4-48(54-38-41-60(47(3)43-54)61-32-14-12-21-49(61)5-2)28-20-42-68(57-39-36-51(37-40-57)53-26-18-25-52(44-53)50-22-8-6-9-23-50)59-31-19-27-56(45-59)66-62-33-15-13-24-55(62)46-65-67(66)63-34-16-17-35-64(63)69(65)58-29-10-7-11-30-58/h4-8,10-22,24-41,43-46H,2,9,23,42H2,1,3H3/b28-20-,48-4+. The van der Waals surface area contributed by atoms with Crippen molar-refractivity contribution in [3.63, 3.8) is 0 Å². The SMILES string of the molecule is C=Cc1ccccc1-c1ccc(C(/C=C\CN(c2ccc(-c3cccc(C4=CC=CCC4)c3)cc2)c2cccc(-c3c4ccccc4cc4c3c3ccccc3n4-c3ccccc3)c2)=C/C)cc1C. The molecule has 0 atom stereocenters. The van der Waals surface area contributed by atoms with E-state index in [0.717, 1.165) is 35.5 Å². The zero-order chi connectivity index (χ0) is 46.7. The maximum Gasteiger partial charge on any atom is 0.0553 e. The highest BCUT2D eigenvalue weighted by atomic mass is 15.1. The second-order valence-electron chi connectivity index (χ2n) is 18.0. The van der Waals surface area contributed by atoms with Gasteiger partial charge in [0.25, 0.3) is 0 Å². The highest BCUT2D eigenvalue weighted by Gasteiger charge is 2.20. The number of allylic oxidation sites excluding steroid dienone is 7. The largest absolute Gasteiger partial charge is 0.338 e. The minimum atomic E-state index is 0.666. The molecule has 0 amide bonds. The maximum atomic E-state index is 4.07. The molecule has 1 heterocycles. The summed E-state index contributed by atoms with van der Waals surface area (Å²) < 4.78 is 2.43. The highest BCUT2D eigenvalue weighted by Crippen LogP contribution is 2.44. The van der Waals surface area contributed by atoms with E-state index in [0.29, 0.717) is 6.54 Å². The number of hydrogen-bond acceptors (Lipinski definition) is 1. The van der Waals surface area contributed by atoms with Crippen molar-refractivity contribution in [3.05, 3.63) is 265 Å². The molecule has 0 saturated heterocycles. The summed E-state index contributed by atoms with van der Waals surface area (Å²) in [5.41, 5.74) is 20.5. The molecule has 10 aromatic rings. The van der Waals surface area contributed by atoms with Crippen molar-refractivity contribution in [2.75, 3.05) is 11.4 Å². The first kappa shape index (κ1) is 43.1. The van der Waals surface area contributed by atoms with E-state index in [1.165, 1.54) is 93.8 Å². The summed E-state index contributed by atoms with van der Waals surface area (Å²) in [7, 11) is 0. The van der Waals surface area contributed by atoms with Crippen molar-refractivity contribution < 1.29 is 0 Å². The number of hydrogen-bond donors (Lipinski definition) is 0. The van der Waals surface area contributed by atoms with Crippen LogP contribution in [0.15, 0.2) is 243 Å². The van der Waals surface area contributed by atoms with Gasteiger partial charge in [-0.2, -0.15) is 0 Å². The van der Waals surface area contributed by atoms with Crippen LogP contribution in [0.1, 0.15) is 42.0 Å². The fraction of sp³-hybridized carbons (Fsp3) is 0.0746. The van der Waals surface area contributed by atoms with Gasteiger partial charge in [-0.1, -0.05) is 195 Å². The molecule has 2 heteroatoms. The number of benzene rings is 9. The van der Waals surface area contributed by atoms with Crippen LogP contribution in [0.5, 0.6) is 0 Å². The van der Waals surface area contributed by atoms with E-state index < -0.39 is 0 Å². The molecule has 2 nitrogen and oxygen atoms in total. The van der Waals surface area contributed by atoms with Crippen molar-refractivity contribution in [1.29, 1.82) is 0 Å². The summed E-state index contributed by atoms with van der Waals surface area (Å²) in [5.74, 6) is 0. The number of nitrogens with zero attached hydrogens (tertiary/aromatic N) is 2. The van der Waals surface area contributed by atoms with Crippen molar-refractivity contribution in [2.24, 2.45) is 0 Å². The first-order valence-corrected chi connectivity index (χ1v) is 24.2. The van der Waals surface area contributed by atoms with Crippen LogP contribution in [-0.2, 0) is 0 Å². The number of fused-ring (bicyclic) bond motifs is 4. The van der Waals surface area contributed by atoms with Gasteiger partial charge in [0.1, 0.15) is 0 Å². The lowest BCUT2D eigenvalue weighted by atomic mass is 9.92. The van der Waals surface area contributed by atoms with E-state index in [-0.39, 0.29) is 0 Å². The number of aromatic nitrogens is 1. The van der Waals surface area contributed by atoms with Crippen LogP contribution in [0, 0.1) is 6.92 Å². The van der Waals surface area contributed by atoms with Gasteiger partial charge in [-0.25, -0.2) is 0 Å². The number of para-hydroxylation sites is 2. The molecule has 0 radical (unpaired) electrons. The molecule has 0 fully saturated rings. The van der Waals surface area contributed by atoms with Crippen molar-refractivity contribution >= 4 is 61.2 Å². The van der Waals surface area contributed by atoms with Gasteiger partial charge in [0, 0.05) is 34.4 Å². The molecule has 9 aromatic carbocycles. The lowest BCUT2D eigenvalue weighted by Crippen LogP contribution is -2.17. The van der Waals surface area contributed by atoms with Crippen LogP contribution in [0.4, 0.5) is 11.4 Å². The van der Waals surface area contributed by atoms with Gasteiger partial charge in [-0.3, -0.25) is 0 Å². The smallest absolute Gasteiger partial charge is 0.0553 e. The Bertz CT molecular complexity index is 3670. The average Bonchev–Trinajstić information content (AvgIpc) is 3.74. The van der Waals surface area contributed by atoms with Gasteiger partial charge in [0.05, 0.1) is 11.0 Å². The van der Waals surface area contributed by atoms with E-state index >= 15 is 0 Å². The molecule has 0 unspecified atom stereocenters. The zero-order valence-electron chi connectivity index (χ0n) is 39.3. The predicted molar refractivity (Wildman–Crippen MR) is 298 cm³/mol. The van der Waals surface area contributed by atoms with Crippen LogP contribution in [-0.4, -0.2) is 11.1 Å². The topological polar surface area (TPSA) is 8.17 Å². The van der Waals surface area contributed by atoms with Crippen molar-refractivity contribution in [2.45, 2.75) is 26.7 Å². The van der Waals surface area contributed by atoms with Gasteiger partial charge in [0.2, 0.25) is 0 Å². The average molecular weight is 887 g/mol. The molecular weight excluding hydrogens is 833 g/mol. The summed E-state index contributed by atoms with van der Waals surface area (Å²) >= 11 is 0. The van der Waals surface area contributed by atoms with Crippen LogP contribution in [0.3, 0.4) is 0 Å². The molecule has 0 saturated carbocycles. The molecule has 332 valence electrons. The number of anilines is 2. The summed E-state index contributed by atoms with van der Waals surface area (Å²) in [6.45, 7) is 9.08. The zero-order valence-corrected chi connectivity index (χ0v) is 39.3. The third-order valence-electron chi connectivity index (χ3n) is 13.8. The number of rotatable bonds is 12. The number of aryl methyl sites for hydroxylation is 1. The molecule has 1 aliphatic carbocycles. The van der Waals surface area contributed by atoms with E-state index in [9.17, 15) is 0 Å². The molecule has 0 bridgehead atoms. The Labute approximate surface area is 406 Å². The van der Waals surface area contributed by atoms with Gasteiger partial charge in [0.15, 0.2) is 0 Å². The summed E-state index contributed by atoms with van der Waals surface area (Å²) in [6, 6.07) is 73.4. The van der Waals surface area contributed by atoms with Crippen molar-refractivity contribution in [3.8, 4) is 39.1 Å². The Morgan fingerprint density at radius 1 is 0.609 bits per heavy atom. The second kappa shape index (κ2) is 19.0. The monoisotopic (exact) mass is 886 g/mol. The van der Waals surface area contributed by atoms with E-state index in [1.54, 1.807) is 0 Å². The molecule has 11 rings (SSSR count). The molecule has 0 N–H and O–H groups in total. The Morgan fingerprint density at radius 3 is 2.17 bits per heavy atom. The van der Waals surface area contributed by atoms with Crippen LogP contribution < -0.4 is 4.90 Å². The Balaban J connectivity index is 1.01. The van der Waals surface area contributed by atoms with E-state index in [4.69, 9.17) is 0 Å². The van der Waals surface area contributed by atoms with Gasteiger partial charge in [-0.15, -0.1) is 0 Å². The summed E-state index contributed by atoms with van der Waals surface area (Å²) in [6.07, 6.45) is 17.6. The molecule has 69 heavy (non-hydrogen) atoms. The van der Waals surface area contributed by atoms with E-state index in [2.05, 4.69) is 267 Å². The maximum absolute atomic E-state index is 4.07. The van der Waals surface area contributed by atoms with Gasteiger partial charge < -0.3 is 9.47 Å². The highest BCUT2D eigenvalue weighted by molar-refractivity contribution is 6.23. The fourth-order valence-corrected chi connectivity index (χ4v) is 10.4. The first-order chi connectivity index (χ1) is 34.1. The quantitative estimate of drug-likeness (QED) is 0.111. The third-order valence-corrected chi connectivity index (χ3v) is 13.8. The Kier molecular flexibility index (Phi) is 11.9. The van der Waals surface area contributed by atoms with Gasteiger partial charge >= 0.3 is 0 Å². The molecular formula is C67H54N2. The third kappa shape index (κ3) is 8.36. The summed E-state index contributed by atoms with van der Waals surface area (Å²) in [4.78, 5) is 2.45. The minimum absolute atomic E-state index is 0.666. The normalized spacial score (nSPS) is 12.8. The Morgan fingerprint density at radius 2 is 1.36 bits per heavy atom. The van der Waals surface area contributed by atoms with Gasteiger partial charge in [-0.05, 0) is 159 Å². The van der Waals surface area contributed by atoms with Crippen LogP contribution >= 0.6 is 0 Å². The lowest BCUT2D eigenvalue weighted by molar-refractivity contribution is 1.05. The lowest BCUT2D eigenvalue weighted by Gasteiger charge is -2.25. The molecule has 1 aliphatic rings. The predicted octanol–water partition coefficient (Wildman–Crippen LogP) is 18.4. The fourth-order valence-electron chi connectivity index (χ4n) is 10.4. The van der Waals surface area contributed by atoms with E-state index in [1.807, 2.05) is 6.08 Å². The molecule has 1 aromatic heterocycles. The second-order valence-corrected chi connectivity index (χ2v) is 18.0. The Hall–Kier alpha value is -8.46. The van der Waals surface area contributed by atoms with Crippen LogP contribution in [0.2, 0.25) is 0 Å². The first-order valence-electron chi connectivity index (χ1n) is 24.2. The molecule has 0 spiro atoms. The minimum Gasteiger partial charge on any atom is -0.338 e. The van der Waals surface area contributed by atoms with Crippen LogP contribution in [0.25, 0.3) is 88.9 Å². The van der Waals surface area contributed by atoms with Crippen molar-refractivity contribution in [1.82, 2.24) is 4.57 Å².